The normalized spacial score (nSPS) is 20.8. The number of fused-ring (bicyclic) bond motifs is 3. The molecule has 1 heterocycles. The summed E-state index contributed by atoms with van der Waals surface area (Å²) in [7, 11) is 1.65. The summed E-state index contributed by atoms with van der Waals surface area (Å²) in [5.41, 5.74) is 7.84. The molecule has 320 valence electrons. The monoisotopic (exact) mass is 821 g/mol. The Hall–Kier alpha value is -5.76. The summed E-state index contributed by atoms with van der Waals surface area (Å²) in [5.74, 6) is -0.897. The number of nitrogens with one attached hydrogen (secondary N) is 5. The molecule has 1 saturated heterocycles. The van der Waals surface area contributed by atoms with E-state index < -0.39 is 48.2 Å². The molecule has 14 heteroatoms. The van der Waals surface area contributed by atoms with Gasteiger partial charge < -0.3 is 35.6 Å². The van der Waals surface area contributed by atoms with Crippen molar-refractivity contribution >= 4 is 36.1 Å². The molecule has 1 saturated carbocycles. The maximum atomic E-state index is 14.4. The third-order valence-electron chi connectivity index (χ3n) is 11.9. The minimum absolute atomic E-state index is 0.0236. The minimum Gasteiger partial charge on any atom is -0.449 e. The van der Waals surface area contributed by atoms with E-state index in [0.29, 0.717) is 19.6 Å². The van der Waals surface area contributed by atoms with Gasteiger partial charge in [0.25, 0.3) is 0 Å². The van der Waals surface area contributed by atoms with E-state index in [1.54, 1.807) is 7.05 Å². The molecule has 5 N–H and O–H groups in total. The van der Waals surface area contributed by atoms with Gasteiger partial charge in [-0.2, -0.15) is 5.10 Å². The molecule has 3 aromatic carbocycles. The molecule has 6 amide bonds. The lowest BCUT2D eigenvalue weighted by Gasteiger charge is -2.30. The summed E-state index contributed by atoms with van der Waals surface area (Å²) in [4.78, 5) is 67.8. The lowest BCUT2D eigenvalue weighted by atomic mass is 9.81. The summed E-state index contributed by atoms with van der Waals surface area (Å²) in [6, 6.07) is 23.0. The fourth-order valence-corrected chi connectivity index (χ4v) is 8.48. The number of carbonyl (C=O) groups excluding carboxylic acids is 5. The molecular weight excluding hydrogens is 763 g/mol. The van der Waals surface area contributed by atoms with Crippen molar-refractivity contribution in [3.8, 4) is 11.1 Å². The predicted molar refractivity (Wildman–Crippen MR) is 229 cm³/mol. The number of hydrogen-bond donors (Lipinski definition) is 5. The van der Waals surface area contributed by atoms with Crippen LogP contribution >= 0.6 is 0 Å². The summed E-state index contributed by atoms with van der Waals surface area (Å²) < 4.78 is 12.1. The van der Waals surface area contributed by atoms with E-state index >= 15 is 0 Å². The second kappa shape index (κ2) is 21.0. The molecule has 0 unspecified atom stereocenters. The van der Waals surface area contributed by atoms with E-state index in [1.807, 2.05) is 87.5 Å². The van der Waals surface area contributed by atoms with Crippen LogP contribution in [0.4, 0.5) is 9.59 Å². The Labute approximate surface area is 352 Å². The fourth-order valence-electron chi connectivity index (χ4n) is 8.48. The first-order chi connectivity index (χ1) is 29.1. The van der Waals surface area contributed by atoms with Crippen LogP contribution in [0.25, 0.3) is 11.1 Å². The van der Waals surface area contributed by atoms with Gasteiger partial charge in [-0.25, -0.2) is 15.0 Å². The summed E-state index contributed by atoms with van der Waals surface area (Å²) in [5, 5.41) is 15.5. The average Bonchev–Trinajstić information content (AvgIpc) is 3.85. The maximum absolute atomic E-state index is 14.4. The fraction of sp³-hybridized carbons (Fsp3) is 0.478. The van der Waals surface area contributed by atoms with Crippen LogP contribution in [-0.2, 0) is 30.5 Å². The Balaban J connectivity index is 1.06. The highest BCUT2D eigenvalue weighted by Gasteiger charge is 2.44. The highest BCUT2D eigenvalue weighted by atomic mass is 16.5. The van der Waals surface area contributed by atoms with Gasteiger partial charge in [-0.15, -0.1) is 0 Å². The highest BCUT2D eigenvalue weighted by molar-refractivity contribution is 5.93. The van der Waals surface area contributed by atoms with Crippen molar-refractivity contribution in [1.29, 1.82) is 0 Å². The van der Waals surface area contributed by atoms with Gasteiger partial charge in [-0.05, 0) is 71.8 Å². The van der Waals surface area contributed by atoms with Crippen molar-refractivity contribution in [3.63, 3.8) is 0 Å². The third-order valence-corrected chi connectivity index (χ3v) is 11.9. The number of nitrogens with zero attached hydrogens (tertiary/aromatic N) is 2. The van der Waals surface area contributed by atoms with Gasteiger partial charge in [0.1, 0.15) is 18.7 Å². The molecule has 14 nitrogen and oxygen atoms in total. The number of alkyl carbamates (subject to hydrolysis) is 1. The molecular formula is C46H59N7O7. The van der Waals surface area contributed by atoms with Crippen molar-refractivity contribution in [2.45, 2.75) is 96.1 Å². The number of ether oxygens (including phenoxy) is 2. The average molecular weight is 822 g/mol. The summed E-state index contributed by atoms with van der Waals surface area (Å²) in [6.07, 6.45) is 4.33. The molecule has 1 aliphatic heterocycles. The van der Waals surface area contributed by atoms with Crippen LogP contribution in [0, 0.1) is 17.8 Å². The van der Waals surface area contributed by atoms with E-state index in [-0.39, 0.29) is 49.2 Å². The van der Waals surface area contributed by atoms with Crippen LogP contribution in [-0.4, -0.2) is 91.9 Å². The minimum atomic E-state index is -0.971. The van der Waals surface area contributed by atoms with Crippen molar-refractivity contribution in [2.75, 3.05) is 26.7 Å². The van der Waals surface area contributed by atoms with E-state index in [1.165, 1.54) is 11.1 Å². The Morgan fingerprint density at radius 2 is 1.50 bits per heavy atom. The Morgan fingerprint density at radius 3 is 2.13 bits per heavy atom. The van der Waals surface area contributed by atoms with Crippen LogP contribution in [0.2, 0.25) is 0 Å². The second-order valence-corrected chi connectivity index (χ2v) is 16.3. The molecule has 3 aromatic rings. The standard InChI is InChI=1S/C46H59N7O7/c1-5-33(25-49-52-45(57)48-24-30-19-21-32(22-20-30)42(54)47-4)50-43(55)40-23-34(59-27-31-13-7-6-8-14-31)26-53(40)44(56)41(29(2)3)51-46(58)60-28-39-37-17-11-9-15-35(37)36-16-10-12-18-38(36)39/h6-18,25,29-30,32-34,39-41H,5,19-24,26-28H2,1-4H3,(H,47,54)(H,50,55)(H,51,58)(H2,48,52,57)/b49-25+/t30-,32-,33-,34+,40-,41+/m0/s1. The lowest BCUT2D eigenvalue weighted by molar-refractivity contribution is -0.141. The van der Waals surface area contributed by atoms with Gasteiger partial charge in [0, 0.05) is 44.6 Å². The van der Waals surface area contributed by atoms with Crippen molar-refractivity contribution in [3.05, 3.63) is 95.6 Å². The van der Waals surface area contributed by atoms with Crippen LogP contribution < -0.4 is 26.7 Å². The number of rotatable bonds is 16. The van der Waals surface area contributed by atoms with Gasteiger partial charge in [-0.1, -0.05) is 99.6 Å². The SMILES string of the molecule is CC[C@@H](/C=N/NC(=O)NC[C@H]1CC[C@H](C(=O)NC)CC1)NC(=O)[C@@H]1C[C@@H](OCc2ccccc2)CN1C(=O)[C@H](NC(=O)OCC1c2ccccc2-c2ccccc21)C(C)C. The van der Waals surface area contributed by atoms with Gasteiger partial charge in [0.15, 0.2) is 0 Å². The number of urea groups is 1. The maximum Gasteiger partial charge on any atom is 0.407 e. The van der Waals surface area contributed by atoms with Crippen LogP contribution in [0.1, 0.15) is 81.9 Å². The third kappa shape index (κ3) is 11.1. The van der Waals surface area contributed by atoms with Gasteiger partial charge in [0.05, 0.1) is 18.8 Å². The van der Waals surface area contributed by atoms with Crippen molar-refractivity contribution < 1.29 is 33.4 Å². The van der Waals surface area contributed by atoms with Crippen LogP contribution in [0.15, 0.2) is 84.0 Å². The first-order valence-corrected chi connectivity index (χ1v) is 21.2. The predicted octanol–water partition coefficient (Wildman–Crippen LogP) is 5.47. The zero-order valence-electron chi connectivity index (χ0n) is 35.0. The van der Waals surface area contributed by atoms with E-state index in [9.17, 15) is 24.0 Å². The first-order valence-electron chi connectivity index (χ1n) is 21.2. The first kappa shape index (κ1) is 43.8. The molecule has 0 aromatic heterocycles. The lowest BCUT2D eigenvalue weighted by Crippen LogP contribution is -2.56. The summed E-state index contributed by atoms with van der Waals surface area (Å²) in [6.45, 7) is 6.59. The molecule has 4 atom stereocenters. The van der Waals surface area contributed by atoms with Crippen molar-refractivity contribution in [1.82, 2.24) is 31.6 Å². The topological polar surface area (TPSA) is 180 Å². The smallest absolute Gasteiger partial charge is 0.407 e. The van der Waals surface area contributed by atoms with Gasteiger partial charge in [-0.3, -0.25) is 14.4 Å². The number of carbonyl (C=O) groups is 5. The molecule has 60 heavy (non-hydrogen) atoms. The molecule has 0 bridgehead atoms. The molecule has 0 spiro atoms. The van der Waals surface area contributed by atoms with E-state index in [0.717, 1.165) is 53.5 Å². The van der Waals surface area contributed by atoms with Crippen LogP contribution in [0.5, 0.6) is 0 Å². The molecule has 0 radical (unpaired) electrons. The number of likely N-dealkylation sites (tertiary alicyclic amines) is 1. The van der Waals surface area contributed by atoms with E-state index in [4.69, 9.17) is 9.47 Å². The number of amides is 6. The number of hydrogen-bond acceptors (Lipinski definition) is 8. The Bertz CT molecular complexity index is 1940. The number of hydrazone groups is 1. The largest absolute Gasteiger partial charge is 0.449 e. The zero-order valence-corrected chi connectivity index (χ0v) is 35.0. The Kier molecular flexibility index (Phi) is 15.3. The van der Waals surface area contributed by atoms with Crippen LogP contribution in [0.3, 0.4) is 0 Å². The van der Waals surface area contributed by atoms with Crippen molar-refractivity contribution in [2.24, 2.45) is 22.9 Å². The Morgan fingerprint density at radius 1 is 0.850 bits per heavy atom. The van der Waals surface area contributed by atoms with Gasteiger partial charge in [0.2, 0.25) is 17.7 Å². The number of benzene rings is 3. The molecule has 6 rings (SSSR count). The molecule has 2 fully saturated rings. The molecule has 2 aliphatic carbocycles. The second-order valence-electron chi connectivity index (χ2n) is 16.3. The molecule has 3 aliphatic rings. The highest BCUT2D eigenvalue weighted by Crippen LogP contribution is 2.44. The van der Waals surface area contributed by atoms with Gasteiger partial charge >= 0.3 is 12.1 Å². The van der Waals surface area contributed by atoms with E-state index in [2.05, 4.69) is 43.9 Å². The summed E-state index contributed by atoms with van der Waals surface area (Å²) >= 11 is 0. The zero-order chi connectivity index (χ0) is 42.6. The quantitative estimate of drug-likeness (QED) is 0.0940.